The Labute approximate surface area is 98.8 Å². The summed E-state index contributed by atoms with van der Waals surface area (Å²) in [6, 6.07) is 3.23. The summed E-state index contributed by atoms with van der Waals surface area (Å²) in [4.78, 5) is 15.2. The van der Waals surface area contributed by atoms with Crippen LogP contribution in [0.2, 0.25) is 0 Å². The molecule has 0 aliphatic carbocycles. The number of carbonyl (C=O) groups excluding carboxylic acids is 1. The summed E-state index contributed by atoms with van der Waals surface area (Å²) in [6.45, 7) is 1.12. The van der Waals surface area contributed by atoms with Crippen LogP contribution in [0.25, 0.3) is 0 Å². The number of aromatic nitrogens is 1. The number of carbonyl (C=O) groups is 1. The zero-order valence-corrected chi connectivity index (χ0v) is 9.35. The lowest BCUT2D eigenvalue weighted by Crippen LogP contribution is -2.37. The van der Waals surface area contributed by atoms with E-state index in [0.717, 1.165) is 0 Å². The Morgan fingerprint density at radius 1 is 1.71 bits per heavy atom. The van der Waals surface area contributed by atoms with Crippen LogP contribution >= 0.6 is 0 Å². The molecule has 6 heteroatoms. The molecule has 1 aliphatic heterocycles. The highest BCUT2D eigenvalue weighted by Gasteiger charge is 2.32. The van der Waals surface area contributed by atoms with Gasteiger partial charge in [0.05, 0.1) is 12.2 Å². The van der Waals surface area contributed by atoms with Gasteiger partial charge in [0, 0.05) is 25.8 Å². The van der Waals surface area contributed by atoms with Gasteiger partial charge in [-0.1, -0.05) is 0 Å². The van der Waals surface area contributed by atoms with Crippen molar-refractivity contribution in [1.29, 1.82) is 0 Å². The molecule has 0 radical (unpaired) electrons. The molecule has 1 aromatic heterocycles. The van der Waals surface area contributed by atoms with Gasteiger partial charge < -0.3 is 20.9 Å². The molecular weight excluding hydrogens is 222 g/mol. The van der Waals surface area contributed by atoms with E-state index in [9.17, 15) is 9.90 Å². The molecule has 0 bridgehead atoms. The molecule has 2 rings (SSSR count). The number of nitrogens with zero attached hydrogens (tertiary/aromatic N) is 1. The smallest absolute Gasteiger partial charge is 0.252 e. The molecule has 4 N–H and O–H groups in total. The van der Waals surface area contributed by atoms with Crippen LogP contribution in [0.1, 0.15) is 16.8 Å². The second-order valence-corrected chi connectivity index (χ2v) is 4.14. The third kappa shape index (κ3) is 2.72. The number of nitrogens with two attached hydrogens (primary N) is 1. The van der Waals surface area contributed by atoms with Crippen molar-refractivity contribution in [3.63, 3.8) is 0 Å². The summed E-state index contributed by atoms with van der Waals surface area (Å²) in [5.74, 6) is -0.157. The lowest BCUT2D eigenvalue weighted by atomic mass is 10.0. The van der Waals surface area contributed by atoms with Gasteiger partial charge in [0.2, 0.25) is 0 Å². The first kappa shape index (κ1) is 11.8. The SMILES string of the molecule is NC(=O)c1cccnc1NCC1(O)CCOC1. The zero-order valence-electron chi connectivity index (χ0n) is 9.35. The molecule has 1 aliphatic rings. The van der Waals surface area contributed by atoms with Crippen LogP contribution < -0.4 is 11.1 Å². The molecule has 6 nitrogen and oxygen atoms in total. The van der Waals surface area contributed by atoms with E-state index in [-0.39, 0.29) is 6.54 Å². The fourth-order valence-corrected chi connectivity index (χ4v) is 1.73. The number of hydrogen-bond acceptors (Lipinski definition) is 5. The molecule has 17 heavy (non-hydrogen) atoms. The predicted molar refractivity (Wildman–Crippen MR) is 61.6 cm³/mol. The van der Waals surface area contributed by atoms with Crippen LogP contribution in [0.5, 0.6) is 0 Å². The Balaban J connectivity index is 2.06. The van der Waals surface area contributed by atoms with Gasteiger partial charge >= 0.3 is 0 Å². The average molecular weight is 237 g/mol. The predicted octanol–water partition coefficient (Wildman–Crippen LogP) is -0.256. The van der Waals surface area contributed by atoms with Crippen molar-refractivity contribution < 1.29 is 14.6 Å². The van der Waals surface area contributed by atoms with E-state index in [1.54, 1.807) is 18.3 Å². The van der Waals surface area contributed by atoms with Crippen LogP contribution in [0, 0.1) is 0 Å². The Hall–Kier alpha value is -1.66. The lowest BCUT2D eigenvalue weighted by molar-refractivity contribution is 0.0381. The summed E-state index contributed by atoms with van der Waals surface area (Å²) in [5, 5.41) is 13.0. The van der Waals surface area contributed by atoms with E-state index in [0.29, 0.717) is 31.0 Å². The molecular formula is C11H15N3O3. The maximum atomic E-state index is 11.2. The molecule has 1 aromatic rings. The topological polar surface area (TPSA) is 97.5 Å². The number of pyridine rings is 1. The van der Waals surface area contributed by atoms with Gasteiger partial charge in [0.15, 0.2) is 0 Å². The highest BCUT2D eigenvalue weighted by Crippen LogP contribution is 2.19. The number of ether oxygens (including phenoxy) is 1. The molecule has 0 aromatic carbocycles. The summed E-state index contributed by atoms with van der Waals surface area (Å²) < 4.78 is 5.12. The van der Waals surface area contributed by atoms with Crippen LogP contribution in [-0.4, -0.2) is 41.4 Å². The number of primary amides is 1. The normalized spacial score (nSPS) is 23.6. The molecule has 2 heterocycles. The van der Waals surface area contributed by atoms with Crippen LogP contribution in [-0.2, 0) is 4.74 Å². The molecule has 1 saturated heterocycles. The Kier molecular flexibility index (Phi) is 3.26. The second kappa shape index (κ2) is 4.68. The third-order valence-corrected chi connectivity index (χ3v) is 2.74. The lowest BCUT2D eigenvalue weighted by Gasteiger charge is -2.21. The largest absolute Gasteiger partial charge is 0.386 e. The van der Waals surface area contributed by atoms with E-state index in [2.05, 4.69) is 10.3 Å². The molecule has 1 fully saturated rings. The molecule has 0 saturated carbocycles. The fraction of sp³-hybridized carbons (Fsp3) is 0.455. The van der Waals surface area contributed by atoms with Crippen molar-refractivity contribution in [3.8, 4) is 0 Å². The zero-order chi connectivity index (χ0) is 12.3. The first-order chi connectivity index (χ1) is 8.11. The van der Waals surface area contributed by atoms with Crippen LogP contribution in [0.4, 0.5) is 5.82 Å². The molecule has 1 atom stereocenters. The number of hydrogen-bond donors (Lipinski definition) is 3. The van der Waals surface area contributed by atoms with Crippen molar-refractivity contribution in [1.82, 2.24) is 4.98 Å². The number of amides is 1. The van der Waals surface area contributed by atoms with E-state index < -0.39 is 11.5 Å². The Morgan fingerprint density at radius 3 is 3.18 bits per heavy atom. The van der Waals surface area contributed by atoms with Gasteiger partial charge in [-0.2, -0.15) is 0 Å². The van der Waals surface area contributed by atoms with E-state index in [1.165, 1.54) is 0 Å². The standard InChI is InChI=1S/C11H15N3O3/c12-9(15)8-2-1-4-13-10(8)14-6-11(16)3-5-17-7-11/h1-2,4,16H,3,5-7H2,(H2,12,15)(H,13,14). The van der Waals surface area contributed by atoms with Gasteiger partial charge in [-0.3, -0.25) is 4.79 Å². The maximum Gasteiger partial charge on any atom is 0.252 e. The van der Waals surface area contributed by atoms with E-state index in [4.69, 9.17) is 10.5 Å². The Bertz CT molecular complexity index is 416. The van der Waals surface area contributed by atoms with Gasteiger partial charge in [0.1, 0.15) is 11.4 Å². The van der Waals surface area contributed by atoms with E-state index in [1.807, 2.05) is 0 Å². The molecule has 92 valence electrons. The van der Waals surface area contributed by atoms with Crippen molar-refractivity contribution in [3.05, 3.63) is 23.9 Å². The molecule has 0 spiro atoms. The highest BCUT2D eigenvalue weighted by molar-refractivity contribution is 5.97. The quantitative estimate of drug-likeness (QED) is 0.670. The van der Waals surface area contributed by atoms with Gasteiger partial charge in [0.25, 0.3) is 5.91 Å². The fourth-order valence-electron chi connectivity index (χ4n) is 1.73. The van der Waals surface area contributed by atoms with Crippen LogP contribution in [0.15, 0.2) is 18.3 Å². The van der Waals surface area contributed by atoms with Crippen molar-refractivity contribution >= 4 is 11.7 Å². The van der Waals surface area contributed by atoms with Gasteiger partial charge in [-0.15, -0.1) is 0 Å². The number of aliphatic hydroxyl groups is 1. The van der Waals surface area contributed by atoms with E-state index >= 15 is 0 Å². The monoisotopic (exact) mass is 237 g/mol. The maximum absolute atomic E-state index is 11.2. The third-order valence-electron chi connectivity index (χ3n) is 2.74. The van der Waals surface area contributed by atoms with Crippen molar-refractivity contribution in [2.45, 2.75) is 12.0 Å². The minimum absolute atomic E-state index is 0.282. The van der Waals surface area contributed by atoms with Crippen LogP contribution in [0.3, 0.4) is 0 Å². The molecule has 1 amide bonds. The first-order valence-electron chi connectivity index (χ1n) is 5.40. The van der Waals surface area contributed by atoms with Crippen molar-refractivity contribution in [2.24, 2.45) is 5.73 Å². The highest BCUT2D eigenvalue weighted by atomic mass is 16.5. The van der Waals surface area contributed by atoms with Gasteiger partial charge in [-0.05, 0) is 12.1 Å². The first-order valence-corrected chi connectivity index (χ1v) is 5.40. The number of rotatable bonds is 4. The van der Waals surface area contributed by atoms with Crippen molar-refractivity contribution in [2.75, 3.05) is 25.1 Å². The summed E-state index contributed by atoms with van der Waals surface area (Å²) >= 11 is 0. The van der Waals surface area contributed by atoms with Gasteiger partial charge in [-0.25, -0.2) is 4.98 Å². The minimum atomic E-state index is -0.896. The summed E-state index contributed by atoms with van der Waals surface area (Å²) in [6.07, 6.45) is 2.13. The Morgan fingerprint density at radius 2 is 2.53 bits per heavy atom. The second-order valence-electron chi connectivity index (χ2n) is 4.14. The number of anilines is 1. The summed E-state index contributed by atoms with van der Waals surface area (Å²) in [5.41, 5.74) is 4.64. The average Bonchev–Trinajstić information content (AvgIpc) is 2.74. The number of nitrogens with one attached hydrogen (secondary N) is 1. The molecule has 1 unspecified atom stereocenters. The summed E-state index contributed by atoms with van der Waals surface area (Å²) in [7, 11) is 0. The minimum Gasteiger partial charge on any atom is -0.386 e.